The fraction of sp³-hybridized carbons (Fsp3) is 0.312. The lowest BCUT2D eigenvalue weighted by molar-refractivity contribution is -0.136. The van der Waals surface area contributed by atoms with Gasteiger partial charge in [-0.3, -0.25) is 0 Å². The molecule has 1 aliphatic rings. The van der Waals surface area contributed by atoms with Gasteiger partial charge in [-0.25, -0.2) is 14.4 Å². The first-order valence-corrected chi connectivity index (χ1v) is 7.40. The summed E-state index contributed by atoms with van der Waals surface area (Å²) in [5.41, 5.74) is -0.743. The molecule has 2 rings (SSSR count). The number of nitrogens with zero attached hydrogens (tertiary/aromatic N) is 3. The van der Waals surface area contributed by atoms with Gasteiger partial charge in [-0.1, -0.05) is 29.5 Å². The molecule has 0 atom stereocenters. The van der Waals surface area contributed by atoms with Crippen LogP contribution in [0.5, 0.6) is 0 Å². The summed E-state index contributed by atoms with van der Waals surface area (Å²) in [7, 11) is 2.27. The van der Waals surface area contributed by atoms with Gasteiger partial charge in [0.15, 0.2) is 5.69 Å². The number of aromatic nitrogens is 3. The first kappa shape index (κ1) is 18.1. The number of esters is 3. The third-order valence-corrected chi connectivity index (χ3v) is 3.27. The Balaban J connectivity index is 2.60. The minimum Gasteiger partial charge on any atom is -0.464 e. The van der Waals surface area contributed by atoms with Crippen LogP contribution in [0, 0.1) is 5.92 Å². The second-order valence-electron chi connectivity index (χ2n) is 4.80. The molecule has 132 valence electrons. The predicted molar refractivity (Wildman–Crippen MR) is 85.4 cm³/mol. The van der Waals surface area contributed by atoms with Crippen molar-refractivity contribution in [3.8, 4) is 0 Å². The predicted octanol–water partition coefficient (Wildman–Crippen LogP) is 0.998. The van der Waals surface area contributed by atoms with Crippen LogP contribution in [0.25, 0.3) is 5.70 Å². The quantitative estimate of drug-likeness (QED) is 0.426. The highest BCUT2D eigenvalue weighted by atomic mass is 16.5. The Morgan fingerprint density at radius 1 is 1.16 bits per heavy atom. The maximum absolute atomic E-state index is 12.3. The van der Waals surface area contributed by atoms with E-state index in [-0.39, 0.29) is 29.6 Å². The van der Waals surface area contributed by atoms with Crippen LogP contribution in [0.3, 0.4) is 0 Å². The van der Waals surface area contributed by atoms with Crippen molar-refractivity contribution < 1.29 is 28.6 Å². The molecular formula is C16H17N3O6. The SMILES string of the molecule is CCOC(=O)/C(=C\C1C=CC=C1)n1nnc(C(=O)OC)c1C(=O)OC. The van der Waals surface area contributed by atoms with E-state index < -0.39 is 17.9 Å². The monoisotopic (exact) mass is 347 g/mol. The van der Waals surface area contributed by atoms with Crippen LogP contribution in [0.15, 0.2) is 30.4 Å². The molecular weight excluding hydrogens is 330 g/mol. The van der Waals surface area contributed by atoms with Crippen LogP contribution in [0.4, 0.5) is 0 Å². The van der Waals surface area contributed by atoms with Crippen molar-refractivity contribution in [3.05, 3.63) is 41.8 Å². The molecule has 0 N–H and O–H groups in total. The Morgan fingerprint density at radius 2 is 1.80 bits per heavy atom. The van der Waals surface area contributed by atoms with Gasteiger partial charge in [0.1, 0.15) is 5.70 Å². The first-order chi connectivity index (χ1) is 12.0. The normalized spacial score (nSPS) is 13.8. The largest absolute Gasteiger partial charge is 0.464 e. The van der Waals surface area contributed by atoms with Gasteiger partial charge in [-0.05, 0) is 13.0 Å². The van der Waals surface area contributed by atoms with E-state index in [0.29, 0.717) is 0 Å². The average molecular weight is 347 g/mol. The summed E-state index contributed by atoms with van der Waals surface area (Å²) in [4.78, 5) is 36.3. The fourth-order valence-electron chi connectivity index (χ4n) is 2.14. The zero-order chi connectivity index (χ0) is 18.4. The Kier molecular flexibility index (Phi) is 5.83. The summed E-state index contributed by atoms with van der Waals surface area (Å²) in [6, 6.07) is 0. The third kappa shape index (κ3) is 3.82. The molecule has 0 radical (unpaired) electrons. The van der Waals surface area contributed by atoms with E-state index in [1.54, 1.807) is 13.0 Å². The summed E-state index contributed by atoms with van der Waals surface area (Å²) in [6.07, 6.45) is 8.82. The zero-order valence-corrected chi connectivity index (χ0v) is 14.0. The Morgan fingerprint density at radius 3 is 2.36 bits per heavy atom. The van der Waals surface area contributed by atoms with E-state index in [0.717, 1.165) is 18.9 Å². The molecule has 1 aromatic heterocycles. The number of ether oxygens (including phenoxy) is 3. The van der Waals surface area contributed by atoms with Crippen LogP contribution in [-0.2, 0) is 19.0 Å². The van der Waals surface area contributed by atoms with E-state index in [4.69, 9.17) is 4.74 Å². The van der Waals surface area contributed by atoms with Crippen LogP contribution < -0.4 is 0 Å². The highest BCUT2D eigenvalue weighted by molar-refractivity contribution is 6.12. The first-order valence-electron chi connectivity index (χ1n) is 7.40. The smallest absolute Gasteiger partial charge is 0.361 e. The summed E-state index contributed by atoms with van der Waals surface area (Å²) >= 11 is 0. The molecule has 0 bridgehead atoms. The number of allylic oxidation sites excluding steroid dienone is 5. The minimum atomic E-state index is -0.891. The molecule has 0 aromatic carbocycles. The molecule has 0 fully saturated rings. The second kappa shape index (κ2) is 8.04. The maximum atomic E-state index is 12.3. The lowest BCUT2D eigenvalue weighted by Crippen LogP contribution is -2.21. The maximum Gasteiger partial charge on any atom is 0.361 e. The van der Waals surface area contributed by atoms with Gasteiger partial charge in [0.25, 0.3) is 0 Å². The molecule has 1 heterocycles. The van der Waals surface area contributed by atoms with E-state index in [9.17, 15) is 14.4 Å². The Labute approximate surface area is 143 Å². The topological polar surface area (TPSA) is 110 Å². The van der Waals surface area contributed by atoms with Gasteiger partial charge < -0.3 is 14.2 Å². The molecule has 0 aliphatic heterocycles. The van der Waals surface area contributed by atoms with Crippen LogP contribution in [0.2, 0.25) is 0 Å². The third-order valence-electron chi connectivity index (χ3n) is 3.27. The fourth-order valence-corrected chi connectivity index (χ4v) is 2.14. The lowest BCUT2D eigenvalue weighted by atomic mass is 10.1. The van der Waals surface area contributed by atoms with E-state index in [1.165, 1.54) is 0 Å². The summed E-state index contributed by atoms with van der Waals surface area (Å²) in [5.74, 6) is -2.69. The van der Waals surface area contributed by atoms with Crippen LogP contribution in [0.1, 0.15) is 27.9 Å². The molecule has 0 spiro atoms. The lowest BCUT2D eigenvalue weighted by Gasteiger charge is -2.10. The highest BCUT2D eigenvalue weighted by Gasteiger charge is 2.31. The van der Waals surface area contributed by atoms with Crippen molar-refractivity contribution in [1.82, 2.24) is 15.0 Å². The van der Waals surface area contributed by atoms with E-state index in [1.807, 2.05) is 24.3 Å². The molecule has 25 heavy (non-hydrogen) atoms. The minimum absolute atomic E-state index is 0.0638. The molecule has 0 saturated carbocycles. The van der Waals surface area contributed by atoms with Crippen LogP contribution >= 0.6 is 0 Å². The van der Waals surface area contributed by atoms with E-state index >= 15 is 0 Å². The van der Waals surface area contributed by atoms with E-state index in [2.05, 4.69) is 19.8 Å². The van der Waals surface area contributed by atoms with Crippen molar-refractivity contribution in [2.75, 3.05) is 20.8 Å². The second-order valence-corrected chi connectivity index (χ2v) is 4.80. The molecule has 1 aromatic rings. The number of hydrogen-bond donors (Lipinski definition) is 0. The summed E-state index contributed by atoms with van der Waals surface area (Å²) < 4.78 is 15.2. The van der Waals surface area contributed by atoms with Crippen molar-refractivity contribution in [1.29, 1.82) is 0 Å². The number of rotatable bonds is 6. The van der Waals surface area contributed by atoms with Gasteiger partial charge in [-0.15, -0.1) is 5.10 Å². The van der Waals surface area contributed by atoms with Crippen molar-refractivity contribution in [2.45, 2.75) is 6.92 Å². The molecule has 0 unspecified atom stereocenters. The van der Waals surface area contributed by atoms with Gasteiger partial charge >= 0.3 is 17.9 Å². The van der Waals surface area contributed by atoms with Gasteiger partial charge in [0.2, 0.25) is 5.69 Å². The molecule has 1 aliphatic carbocycles. The summed E-state index contributed by atoms with van der Waals surface area (Å²) in [6.45, 7) is 1.77. The van der Waals surface area contributed by atoms with Crippen molar-refractivity contribution in [2.24, 2.45) is 5.92 Å². The highest BCUT2D eigenvalue weighted by Crippen LogP contribution is 2.20. The number of methoxy groups -OCH3 is 2. The average Bonchev–Trinajstić information content (AvgIpc) is 3.27. The molecule has 0 amide bonds. The number of hydrogen-bond acceptors (Lipinski definition) is 8. The van der Waals surface area contributed by atoms with Gasteiger partial charge in [-0.2, -0.15) is 4.68 Å². The number of carbonyl (C=O) groups is 3. The molecule has 9 nitrogen and oxygen atoms in total. The van der Waals surface area contributed by atoms with Crippen molar-refractivity contribution in [3.63, 3.8) is 0 Å². The molecule has 0 saturated heterocycles. The Hall–Kier alpha value is -3.23. The Bertz CT molecular complexity index is 763. The zero-order valence-electron chi connectivity index (χ0n) is 14.0. The van der Waals surface area contributed by atoms with Gasteiger partial charge in [0.05, 0.1) is 20.8 Å². The molecule has 9 heteroatoms. The van der Waals surface area contributed by atoms with Crippen LogP contribution in [-0.4, -0.2) is 53.7 Å². The van der Waals surface area contributed by atoms with Crippen molar-refractivity contribution >= 4 is 23.6 Å². The van der Waals surface area contributed by atoms with Gasteiger partial charge in [0, 0.05) is 5.92 Å². The number of carbonyl (C=O) groups excluding carboxylic acids is 3. The summed E-state index contributed by atoms with van der Waals surface area (Å²) in [5, 5.41) is 7.39. The standard InChI is InChI=1S/C16H17N3O6/c1-4-25-14(20)11(9-10-7-5-6-8-10)19-13(16(22)24-3)12(17-18-19)15(21)23-2/h5-10H,4H2,1-3H3/b11-9+.